The Morgan fingerprint density at radius 1 is 1.18 bits per heavy atom. The van der Waals surface area contributed by atoms with Crippen LogP contribution in [0.4, 0.5) is 0 Å². The molecule has 2 heteroatoms. The van der Waals surface area contributed by atoms with Crippen LogP contribution in [0, 0.1) is 0 Å². The molecule has 1 aliphatic carbocycles. The number of fused-ring (bicyclic) bond motifs is 2. The van der Waals surface area contributed by atoms with Gasteiger partial charge in [-0.3, -0.25) is 0 Å². The number of likely N-dealkylation sites (tertiary alicyclic amines) is 1. The normalized spacial score (nSPS) is 21.4. The molecule has 2 aliphatic rings. The third-order valence-electron chi connectivity index (χ3n) is 4.04. The second-order valence-electron chi connectivity index (χ2n) is 4.89. The molecule has 0 saturated carbocycles. The van der Waals surface area contributed by atoms with Gasteiger partial charge in [0.05, 0.1) is 0 Å². The fourth-order valence-electron chi connectivity index (χ4n) is 3.02. The maximum absolute atomic E-state index is 3.35. The van der Waals surface area contributed by atoms with Crippen molar-refractivity contribution in [2.75, 3.05) is 13.1 Å². The highest BCUT2D eigenvalue weighted by Crippen LogP contribution is 2.43. The van der Waals surface area contributed by atoms with Gasteiger partial charge in [0.2, 0.25) is 0 Å². The van der Waals surface area contributed by atoms with Crippen molar-refractivity contribution in [1.82, 2.24) is 4.90 Å². The van der Waals surface area contributed by atoms with Crippen LogP contribution in [0.15, 0.2) is 41.5 Å². The third kappa shape index (κ3) is 1.85. The van der Waals surface area contributed by atoms with Crippen molar-refractivity contribution < 1.29 is 0 Å². The molecule has 1 aromatic carbocycles. The van der Waals surface area contributed by atoms with E-state index in [1.165, 1.54) is 24.0 Å². The average molecular weight is 290 g/mol. The zero-order chi connectivity index (χ0) is 11.7. The predicted molar refractivity (Wildman–Crippen MR) is 76.0 cm³/mol. The molecule has 0 aromatic heterocycles. The van der Waals surface area contributed by atoms with E-state index in [0.29, 0.717) is 5.41 Å². The Bertz CT molecular complexity index is 468. The summed E-state index contributed by atoms with van der Waals surface area (Å²) in [5, 5.41) is 0. The van der Waals surface area contributed by atoms with Crippen molar-refractivity contribution in [3.63, 3.8) is 0 Å². The minimum Gasteiger partial charge on any atom is -0.377 e. The van der Waals surface area contributed by atoms with Gasteiger partial charge in [0.1, 0.15) is 0 Å². The van der Waals surface area contributed by atoms with Gasteiger partial charge in [-0.2, -0.15) is 0 Å². The first-order chi connectivity index (χ1) is 8.34. The fourth-order valence-corrected chi connectivity index (χ4v) is 3.36. The standard InChI is InChI=1S/C15H16BrN/c16-9-12-17-10-7-15(8-11-17)6-5-13-3-1-2-4-14(13)15/h1-6,9,12H,7-8,10-11H2/b12-9+. The van der Waals surface area contributed by atoms with Gasteiger partial charge in [-0.25, -0.2) is 0 Å². The molecular formula is C15H16BrN. The average Bonchev–Trinajstić information content (AvgIpc) is 2.73. The van der Waals surface area contributed by atoms with Crippen molar-refractivity contribution in [2.45, 2.75) is 18.3 Å². The molecule has 1 heterocycles. The quantitative estimate of drug-likeness (QED) is 0.758. The second kappa shape index (κ2) is 4.34. The summed E-state index contributed by atoms with van der Waals surface area (Å²) in [7, 11) is 0. The largest absolute Gasteiger partial charge is 0.377 e. The summed E-state index contributed by atoms with van der Waals surface area (Å²) in [4.78, 5) is 4.33. The van der Waals surface area contributed by atoms with Crippen LogP contribution in [-0.2, 0) is 5.41 Å². The van der Waals surface area contributed by atoms with E-state index in [4.69, 9.17) is 0 Å². The summed E-state index contributed by atoms with van der Waals surface area (Å²) >= 11 is 3.35. The molecule has 17 heavy (non-hydrogen) atoms. The molecule has 1 nitrogen and oxygen atoms in total. The molecule has 1 spiro atoms. The van der Waals surface area contributed by atoms with Crippen molar-refractivity contribution in [3.05, 3.63) is 52.7 Å². The van der Waals surface area contributed by atoms with Crippen LogP contribution in [0.1, 0.15) is 24.0 Å². The van der Waals surface area contributed by atoms with Gasteiger partial charge >= 0.3 is 0 Å². The number of benzene rings is 1. The first-order valence-electron chi connectivity index (χ1n) is 6.14. The maximum atomic E-state index is 3.35. The van der Waals surface area contributed by atoms with E-state index in [0.717, 1.165) is 13.1 Å². The van der Waals surface area contributed by atoms with Gasteiger partial charge in [0.15, 0.2) is 0 Å². The lowest BCUT2D eigenvalue weighted by molar-refractivity contribution is 0.244. The summed E-state index contributed by atoms with van der Waals surface area (Å²) in [5.41, 5.74) is 3.26. The minimum atomic E-state index is 0.313. The summed E-state index contributed by atoms with van der Waals surface area (Å²) < 4.78 is 0. The van der Waals surface area contributed by atoms with Crippen LogP contribution in [0.3, 0.4) is 0 Å². The molecule has 0 unspecified atom stereocenters. The maximum Gasteiger partial charge on any atom is 0.0184 e. The zero-order valence-corrected chi connectivity index (χ0v) is 11.4. The SMILES string of the molecule is Br/C=C/N1CCC2(C=Cc3ccccc32)CC1. The van der Waals surface area contributed by atoms with E-state index in [1.54, 1.807) is 0 Å². The highest BCUT2D eigenvalue weighted by atomic mass is 79.9. The smallest absolute Gasteiger partial charge is 0.0184 e. The molecule has 0 N–H and O–H groups in total. The first kappa shape index (κ1) is 11.1. The van der Waals surface area contributed by atoms with Gasteiger partial charge in [0, 0.05) is 24.7 Å². The van der Waals surface area contributed by atoms with Crippen molar-refractivity contribution >= 4 is 22.0 Å². The van der Waals surface area contributed by atoms with Crippen molar-refractivity contribution in [2.24, 2.45) is 0 Å². The van der Waals surface area contributed by atoms with E-state index in [2.05, 4.69) is 63.4 Å². The number of hydrogen-bond acceptors (Lipinski definition) is 1. The first-order valence-corrected chi connectivity index (χ1v) is 7.05. The topological polar surface area (TPSA) is 3.24 Å². The lowest BCUT2D eigenvalue weighted by atomic mass is 9.75. The van der Waals surface area contributed by atoms with E-state index in [-0.39, 0.29) is 0 Å². The summed E-state index contributed by atoms with van der Waals surface area (Å²) in [6.07, 6.45) is 9.30. The monoisotopic (exact) mass is 289 g/mol. The van der Waals surface area contributed by atoms with E-state index in [1.807, 2.05) is 4.99 Å². The summed E-state index contributed by atoms with van der Waals surface area (Å²) in [6.45, 7) is 2.28. The molecule has 1 saturated heterocycles. The summed E-state index contributed by atoms with van der Waals surface area (Å²) in [5.74, 6) is 0. The molecule has 1 aliphatic heterocycles. The molecule has 0 radical (unpaired) electrons. The molecule has 1 fully saturated rings. The molecule has 0 amide bonds. The number of rotatable bonds is 1. The molecule has 3 rings (SSSR count). The van der Waals surface area contributed by atoms with E-state index in [9.17, 15) is 0 Å². The number of hydrogen-bond donors (Lipinski definition) is 0. The Hall–Kier alpha value is -1.02. The lowest BCUT2D eigenvalue weighted by Gasteiger charge is -2.38. The Kier molecular flexibility index (Phi) is 2.83. The van der Waals surface area contributed by atoms with Crippen LogP contribution in [0.25, 0.3) is 6.08 Å². The highest BCUT2D eigenvalue weighted by molar-refractivity contribution is 9.11. The molecule has 0 bridgehead atoms. The van der Waals surface area contributed by atoms with Gasteiger partial charge in [-0.05, 0) is 29.0 Å². The van der Waals surface area contributed by atoms with Crippen LogP contribution in [0.5, 0.6) is 0 Å². The Morgan fingerprint density at radius 3 is 2.71 bits per heavy atom. The van der Waals surface area contributed by atoms with E-state index >= 15 is 0 Å². The van der Waals surface area contributed by atoms with Crippen LogP contribution < -0.4 is 0 Å². The number of halogens is 1. The van der Waals surface area contributed by atoms with Gasteiger partial charge in [0.25, 0.3) is 0 Å². The summed E-state index contributed by atoms with van der Waals surface area (Å²) in [6, 6.07) is 8.82. The Morgan fingerprint density at radius 2 is 1.94 bits per heavy atom. The Balaban J connectivity index is 1.85. The number of allylic oxidation sites excluding steroid dienone is 1. The highest BCUT2D eigenvalue weighted by Gasteiger charge is 2.37. The van der Waals surface area contributed by atoms with Gasteiger partial charge in [-0.1, -0.05) is 52.3 Å². The number of piperidine rings is 1. The zero-order valence-electron chi connectivity index (χ0n) is 9.77. The van der Waals surface area contributed by atoms with Crippen molar-refractivity contribution in [1.29, 1.82) is 0 Å². The predicted octanol–water partition coefficient (Wildman–Crippen LogP) is 3.91. The van der Waals surface area contributed by atoms with Crippen LogP contribution >= 0.6 is 15.9 Å². The molecule has 0 atom stereocenters. The van der Waals surface area contributed by atoms with Crippen LogP contribution in [-0.4, -0.2) is 18.0 Å². The van der Waals surface area contributed by atoms with Crippen LogP contribution in [0.2, 0.25) is 0 Å². The van der Waals surface area contributed by atoms with Crippen molar-refractivity contribution in [3.8, 4) is 0 Å². The van der Waals surface area contributed by atoms with Gasteiger partial charge < -0.3 is 4.90 Å². The Labute approximate surface area is 111 Å². The fraction of sp³-hybridized carbons (Fsp3) is 0.333. The molecule has 88 valence electrons. The third-order valence-corrected chi connectivity index (χ3v) is 4.27. The van der Waals surface area contributed by atoms with Gasteiger partial charge in [-0.15, -0.1) is 0 Å². The minimum absolute atomic E-state index is 0.313. The molecule has 1 aromatic rings. The lowest BCUT2D eigenvalue weighted by Crippen LogP contribution is -2.38. The number of nitrogens with zero attached hydrogens (tertiary/aromatic N) is 1. The second-order valence-corrected chi connectivity index (χ2v) is 5.42. The van der Waals surface area contributed by atoms with E-state index < -0.39 is 0 Å². The molecular weight excluding hydrogens is 274 g/mol.